The smallest absolute Gasteiger partial charge is 0.494 e. The van der Waals surface area contributed by atoms with Gasteiger partial charge in [-0.2, -0.15) is 0 Å². The lowest BCUT2D eigenvalue weighted by Crippen LogP contribution is -2.38. The first kappa shape index (κ1) is 20.9. The highest BCUT2D eigenvalue weighted by Crippen LogP contribution is 2.16. The number of rotatable bonds is 3. The fourth-order valence-corrected chi connectivity index (χ4v) is 1.73. The van der Waals surface area contributed by atoms with E-state index < -0.39 is 48.8 Å². The summed E-state index contributed by atoms with van der Waals surface area (Å²) in [5.41, 5.74) is -1.28. The second kappa shape index (κ2) is 8.81. The van der Waals surface area contributed by atoms with E-state index in [9.17, 15) is 22.0 Å². The lowest BCUT2D eigenvalue weighted by atomic mass is 9.79. The molecule has 134 valence electrons. The van der Waals surface area contributed by atoms with E-state index in [4.69, 9.17) is 24.8 Å². The topological polar surface area (TPSA) is 90.2 Å². The first-order chi connectivity index (χ1) is 11.6. The third kappa shape index (κ3) is 4.69. The van der Waals surface area contributed by atoms with Crippen LogP contribution in [0.25, 0.3) is 0 Å². The second-order valence-electron chi connectivity index (χ2n) is 4.47. The monoisotopic (exact) mass is 364 g/mol. The van der Waals surface area contributed by atoms with E-state index in [1.807, 2.05) is 0 Å². The van der Waals surface area contributed by atoms with Gasteiger partial charge in [-0.05, 0) is 6.07 Å². The summed E-state index contributed by atoms with van der Waals surface area (Å²) in [5.74, 6) is -10.8. The van der Waals surface area contributed by atoms with Gasteiger partial charge < -0.3 is 24.8 Å². The predicted octanol–water partition coefficient (Wildman–Crippen LogP) is -0.563. The number of benzene rings is 2. The van der Waals surface area contributed by atoms with Gasteiger partial charge >= 0.3 is 14.2 Å². The number of halogens is 5. The van der Waals surface area contributed by atoms with E-state index in [0.717, 1.165) is 0 Å². The van der Waals surface area contributed by atoms with Crippen LogP contribution in [0.1, 0.15) is 0 Å². The van der Waals surface area contributed by atoms with Crippen molar-refractivity contribution >= 4 is 25.2 Å². The van der Waals surface area contributed by atoms with Gasteiger partial charge in [-0.1, -0.05) is 18.2 Å². The minimum absolute atomic E-state index is 0.384. The highest BCUT2D eigenvalue weighted by molar-refractivity contribution is 6.59. The average Bonchev–Trinajstić information content (AvgIpc) is 2.58. The largest absolute Gasteiger partial charge is 0.497 e. The lowest BCUT2D eigenvalue weighted by Gasteiger charge is -2.06. The standard InChI is InChI=1S/C7H9BO3.C6H2BF5O2/c1-11-7-5-3-2-4-6(7)8(9)10;8-2-1(7(13)14)3(9)5(11)6(12)4(2)10/h2-5,9-10H,1H3;13-14H. The van der Waals surface area contributed by atoms with Crippen LogP contribution in [-0.4, -0.2) is 41.4 Å². The first-order valence-corrected chi connectivity index (χ1v) is 6.49. The summed E-state index contributed by atoms with van der Waals surface area (Å²) in [6.45, 7) is 0. The van der Waals surface area contributed by atoms with Crippen LogP contribution < -0.4 is 15.7 Å². The number of hydrogen-bond donors (Lipinski definition) is 4. The van der Waals surface area contributed by atoms with Crippen molar-refractivity contribution in [3.63, 3.8) is 0 Å². The van der Waals surface area contributed by atoms with Crippen molar-refractivity contribution < 1.29 is 46.8 Å². The highest BCUT2D eigenvalue weighted by Gasteiger charge is 2.31. The minimum atomic E-state index is -2.76. The molecule has 2 rings (SSSR count). The molecule has 0 aromatic heterocycles. The van der Waals surface area contributed by atoms with Gasteiger partial charge in [-0.15, -0.1) is 0 Å². The van der Waals surface area contributed by atoms with Crippen molar-refractivity contribution in [2.45, 2.75) is 0 Å². The van der Waals surface area contributed by atoms with Crippen molar-refractivity contribution in [2.24, 2.45) is 0 Å². The van der Waals surface area contributed by atoms with Gasteiger partial charge in [0.05, 0.1) is 12.6 Å². The van der Waals surface area contributed by atoms with Crippen LogP contribution in [0.4, 0.5) is 22.0 Å². The molecule has 0 saturated carbocycles. The Morgan fingerprint density at radius 1 is 0.720 bits per heavy atom. The van der Waals surface area contributed by atoms with Crippen molar-refractivity contribution in [3.05, 3.63) is 53.4 Å². The van der Waals surface area contributed by atoms with Crippen molar-refractivity contribution in [2.75, 3.05) is 7.11 Å². The molecule has 12 heteroatoms. The number of ether oxygens (including phenoxy) is 1. The van der Waals surface area contributed by atoms with E-state index in [1.54, 1.807) is 24.3 Å². The van der Waals surface area contributed by atoms with Crippen LogP contribution in [0.3, 0.4) is 0 Å². The van der Waals surface area contributed by atoms with Gasteiger partial charge in [0, 0.05) is 5.46 Å². The maximum atomic E-state index is 12.6. The molecule has 0 heterocycles. The van der Waals surface area contributed by atoms with E-state index in [2.05, 4.69) is 0 Å². The van der Waals surface area contributed by atoms with E-state index >= 15 is 0 Å². The molecule has 0 saturated heterocycles. The fraction of sp³-hybridized carbons (Fsp3) is 0.0769. The molecule has 0 amide bonds. The van der Waals surface area contributed by atoms with Crippen LogP contribution in [0.5, 0.6) is 5.75 Å². The van der Waals surface area contributed by atoms with Crippen LogP contribution in [0.2, 0.25) is 0 Å². The highest BCUT2D eigenvalue weighted by atomic mass is 19.2. The Labute approximate surface area is 139 Å². The Balaban J connectivity index is 0.000000257. The normalized spacial score (nSPS) is 10.0. The molecule has 4 N–H and O–H groups in total. The third-order valence-corrected chi connectivity index (χ3v) is 2.92. The third-order valence-electron chi connectivity index (χ3n) is 2.92. The lowest BCUT2D eigenvalue weighted by molar-refractivity contribution is 0.373. The molecule has 0 fully saturated rings. The minimum Gasteiger partial charge on any atom is -0.497 e. The average molecular weight is 364 g/mol. The second-order valence-corrected chi connectivity index (χ2v) is 4.47. The zero-order valence-corrected chi connectivity index (χ0v) is 12.6. The van der Waals surface area contributed by atoms with E-state index in [1.165, 1.54) is 7.11 Å². The van der Waals surface area contributed by atoms with Crippen LogP contribution >= 0.6 is 0 Å². The molecule has 0 bridgehead atoms. The van der Waals surface area contributed by atoms with E-state index in [0.29, 0.717) is 11.2 Å². The molecule has 5 nitrogen and oxygen atoms in total. The maximum Gasteiger partial charge on any atom is 0.494 e. The molecular formula is C13H11B2F5O5. The Bertz CT molecular complexity index is 716. The molecule has 0 aliphatic rings. The Hall–Kier alpha value is -2.14. The summed E-state index contributed by atoms with van der Waals surface area (Å²) in [6.07, 6.45) is 0. The number of hydrogen-bond acceptors (Lipinski definition) is 5. The zero-order valence-electron chi connectivity index (χ0n) is 12.6. The van der Waals surface area contributed by atoms with Crippen LogP contribution in [-0.2, 0) is 0 Å². The molecule has 0 radical (unpaired) electrons. The maximum absolute atomic E-state index is 12.6. The van der Waals surface area contributed by atoms with Gasteiger partial charge in [0.1, 0.15) is 5.75 Å². The molecule has 0 unspecified atom stereocenters. The number of para-hydroxylation sites is 1. The molecule has 2 aromatic rings. The molecule has 25 heavy (non-hydrogen) atoms. The van der Waals surface area contributed by atoms with Gasteiger partial charge in [-0.25, -0.2) is 22.0 Å². The molecule has 2 aromatic carbocycles. The quantitative estimate of drug-likeness (QED) is 0.254. The molecule has 0 aliphatic heterocycles. The summed E-state index contributed by atoms with van der Waals surface area (Å²) in [4.78, 5) is 0. The molecular weight excluding hydrogens is 353 g/mol. The SMILES string of the molecule is COc1ccccc1B(O)O.OB(O)c1c(F)c(F)c(F)c(F)c1F. The van der Waals surface area contributed by atoms with Crippen molar-refractivity contribution in [1.82, 2.24) is 0 Å². The molecule has 0 spiro atoms. The van der Waals surface area contributed by atoms with Gasteiger partial charge in [0.15, 0.2) is 29.1 Å². The molecule has 0 aliphatic carbocycles. The Morgan fingerprint density at radius 3 is 1.52 bits per heavy atom. The van der Waals surface area contributed by atoms with E-state index in [-0.39, 0.29) is 0 Å². The predicted molar refractivity (Wildman–Crippen MR) is 78.9 cm³/mol. The summed E-state index contributed by atoms with van der Waals surface area (Å²) in [7, 11) is -2.74. The van der Waals surface area contributed by atoms with Crippen molar-refractivity contribution in [3.8, 4) is 5.75 Å². The van der Waals surface area contributed by atoms with Crippen molar-refractivity contribution in [1.29, 1.82) is 0 Å². The van der Waals surface area contributed by atoms with Crippen LogP contribution in [0.15, 0.2) is 24.3 Å². The summed E-state index contributed by atoms with van der Waals surface area (Å²) in [6, 6.07) is 6.76. The molecule has 0 atom stereocenters. The van der Waals surface area contributed by atoms with Gasteiger partial charge in [-0.3, -0.25) is 0 Å². The Morgan fingerprint density at radius 2 is 1.16 bits per heavy atom. The fourth-order valence-electron chi connectivity index (χ4n) is 1.73. The van der Waals surface area contributed by atoms with Gasteiger partial charge in [0.25, 0.3) is 0 Å². The summed E-state index contributed by atoms with van der Waals surface area (Å²) < 4.78 is 67.2. The zero-order chi connectivity index (χ0) is 19.3. The summed E-state index contributed by atoms with van der Waals surface area (Å²) in [5, 5.41) is 34.3. The van der Waals surface area contributed by atoms with Crippen LogP contribution in [0, 0.1) is 29.1 Å². The first-order valence-electron chi connectivity index (χ1n) is 6.49. The summed E-state index contributed by atoms with van der Waals surface area (Å²) >= 11 is 0. The number of methoxy groups -OCH3 is 1. The van der Waals surface area contributed by atoms with Gasteiger partial charge in [0.2, 0.25) is 0 Å². The Kier molecular flexibility index (Phi) is 7.37.